The molecule has 2 atom stereocenters. The van der Waals surface area contributed by atoms with Gasteiger partial charge in [-0.15, -0.1) is 0 Å². The molecule has 0 spiro atoms. The lowest BCUT2D eigenvalue weighted by atomic mass is 10.1. The van der Waals surface area contributed by atoms with Crippen LogP contribution in [0.15, 0.2) is 12.1 Å². The zero-order chi connectivity index (χ0) is 14.9. The third-order valence-corrected chi connectivity index (χ3v) is 3.68. The Balaban J connectivity index is 2.25. The maximum absolute atomic E-state index is 12.4. The molecule has 108 valence electrons. The van der Waals surface area contributed by atoms with Crippen LogP contribution in [0.1, 0.15) is 40.4 Å². The smallest absolute Gasteiger partial charge is 0.337 e. The number of carboxylic acids is 1. The van der Waals surface area contributed by atoms with Crippen LogP contribution in [0.5, 0.6) is 0 Å². The first-order valence-electron chi connectivity index (χ1n) is 6.55. The Morgan fingerprint density at radius 2 is 2.10 bits per heavy atom. The molecule has 2 rings (SSSR count). The minimum atomic E-state index is -1.04. The summed E-state index contributed by atoms with van der Waals surface area (Å²) in [6.45, 7) is 6.47. The van der Waals surface area contributed by atoms with Gasteiger partial charge in [0, 0.05) is 6.54 Å². The number of carbonyl (C=O) groups excluding carboxylic acids is 1. The Labute approximate surface area is 117 Å². The van der Waals surface area contributed by atoms with Crippen LogP contribution in [0.3, 0.4) is 0 Å². The van der Waals surface area contributed by atoms with E-state index in [1.165, 1.54) is 12.1 Å². The second-order valence-electron chi connectivity index (χ2n) is 4.95. The Kier molecular flexibility index (Phi) is 4.04. The fourth-order valence-electron chi connectivity index (χ4n) is 2.27. The summed E-state index contributed by atoms with van der Waals surface area (Å²) in [6.07, 6.45) is -0.0212. The molecule has 1 aliphatic heterocycles. The van der Waals surface area contributed by atoms with Crippen molar-refractivity contribution in [1.82, 2.24) is 9.88 Å². The molecule has 1 saturated heterocycles. The number of amides is 1. The molecule has 1 fully saturated rings. The quantitative estimate of drug-likeness (QED) is 0.883. The lowest BCUT2D eigenvalue weighted by Crippen LogP contribution is -2.51. The number of hydrogen-bond donors (Lipinski definition) is 1. The zero-order valence-corrected chi connectivity index (χ0v) is 11.8. The topological polar surface area (TPSA) is 79.7 Å². The summed E-state index contributed by atoms with van der Waals surface area (Å²) in [6, 6.07) is 2.86. The third kappa shape index (κ3) is 2.65. The van der Waals surface area contributed by atoms with Gasteiger partial charge in [-0.25, -0.2) is 9.78 Å². The summed E-state index contributed by atoms with van der Waals surface area (Å²) in [7, 11) is 0. The Bertz CT molecular complexity index is 544. The van der Waals surface area contributed by atoms with Crippen molar-refractivity contribution >= 4 is 11.9 Å². The first-order valence-corrected chi connectivity index (χ1v) is 6.55. The number of pyridine rings is 1. The Hall–Kier alpha value is -1.95. The van der Waals surface area contributed by atoms with Crippen LogP contribution in [-0.2, 0) is 4.74 Å². The average molecular weight is 278 g/mol. The van der Waals surface area contributed by atoms with Gasteiger partial charge >= 0.3 is 5.97 Å². The van der Waals surface area contributed by atoms with Crippen LogP contribution >= 0.6 is 0 Å². The highest BCUT2D eigenvalue weighted by Gasteiger charge is 2.30. The monoisotopic (exact) mass is 278 g/mol. The summed E-state index contributed by atoms with van der Waals surface area (Å²) in [5, 5.41) is 8.97. The number of aromatic nitrogens is 1. The van der Waals surface area contributed by atoms with Crippen LogP contribution in [0.25, 0.3) is 0 Å². The third-order valence-electron chi connectivity index (χ3n) is 3.68. The van der Waals surface area contributed by atoms with Gasteiger partial charge in [0.15, 0.2) is 0 Å². The molecule has 1 aromatic rings. The van der Waals surface area contributed by atoms with E-state index in [1.54, 1.807) is 11.8 Å². The second kappa shape index (κ2) is 5.58. The molecule has 2 unspecified atom stereocenters. The minimum Gasteiger partial charge on any atom is -0.478 e. The molecular weight excluding hydrogens is 260 g/mol. The van der Waals surface area contributed by atoms with Crippen molar-refractivity contribution in [1.29, 1.82) is 0 Å². The van der Waals surface area contributed by atoms with Crippen LogP contribution in [-0.4, -0.2) is 52.2 Å². The van der Waals surface area contributed by atoms with Crippen molar-refractivity contribution in [2.75, 3.05) is 13.2 Å². The number of aromatic carboxylic acids is 1. The van der Waals surface area contributed by atoms with E-state index in [2.05, 4.69) is 4.98 Å². The molecule has 0 bridgehead atoms. The summed E-state index contributed by atoms with van der Waals surface area (Å²) < 4.78 is 5.49. The Morgan fingerprint density at radius 1 is 1.40 bits per heavy atom. The van der Waals surface area contributed by atoms with E-state index in [1.807, 2.05) is 13.8 Å². The molecule has 1 aliphatic rings. The highest BCUT2D eigenvalue weighted by Crippen LogP contribution is 2.17. The van der Waals surface area contributed by atoms with Gasteiger partial charge < -0.3 is 14.7 Å². The number of rotatable bonds is 2. The van der Waals surface area contributed by atoms with E-state index in [0.29, 0.717) is 18.8 Å². The molecule has 1 aromatic heterocycles. The van der Waals surface area contributed by atoms with Crippen molar-refractivity contribution in [3.63, 3.8) is 0 Å². The lowest BCUT2D eigenvalue weighted by Gasteiger charge is -2.37. The molecule has 0 saturated carbocycles. The predicted molar refractivity (Wildman–Crippen MR) is 71.8 cm³/mol. The first-order chi connectivity index (χ1) is 9.41. The second-order valence-corrected chi connectivity index (χ2v) is 4.95. The fourth-order valence-corrected chi connectivity index (χ4v) is 2.27. The summed E-state index contributed by atoms with van der Waals surface area (Å²) in [4.78, 5) is 29.2. The van der Waals surface area contributed by atoms with Gasteiger partial charge in [-0.05, 0) is 32.9 Å². The van der Waals surface area contributed by atoms with Crippen molar-refractivity contribution in [2.45, 2.75) is 32.9 Å². The number of nitrogens with zero attached hydrogens (tertiary/aromatic N) is 2. The first kappa shape index (κ1) is 14.5. The van der Waals surface area contributed by atoms with Gasteiger partial charge in [-0.3, -0.25) is 4.79 Å². The number of aryl methyl sites for hydroxylation is 1. The molecular formula is C14H18N2O4. The number of carbonyl (C=O) groups is 2. The van der Waals surface area contributed by atoms with Gasteiger partial charge in [0.05, 0.1) is 30.0 Å². The largest absolute Gasteiger partial charge is 0.478 e. The number of morpholine rings is 1. The molecule has 0 aliphatic carbocycles. The predicted octanol–water partition coefficient (Wildman–Crippen LogP) is 1.34. The zero-order valence-electron chi connectivity index (χ0n) is 11.8. The molecule has 2 heterocycles. The van der Waals surface area contributed by atoms with Crippen molar-refractivity contribution in [3.8, 4) is 0 Å². The maximum atomic E-state index is 12.4. The van der Waals surface area contributed by atoms with Gasteiger partial charge in [-0.1, -0.05) is 0 Å². The molecule has 0 radical (unpaired) electrons. The summed E-state index contributed by atoms with van der Waals surface area (Å²) >= 11 is 0. The van der Waals surface area contributed by atoms with E-state index >= 15 is 0 Å². The van der Waals surface area contributed by atoms with Gasteiger partial charge in [-0.2, -0.15) is 0 Å². The number of carboxylic acid groups (broad SMARTS) is 1. The minimum absolute atomic E-state index is 0.0212. The normalized spacial score (nSPS) is 22.6. The van der Waals surface area contributed by atoms with Gasteiger partial charge in [0.1, 0.15) is 5.69 Å². The number of hydrogen-bond acceptors (Lipinski definition) is 4. The van der Waals surface area contributed by atoms with Gasteiger partial charge in [0.25, 0.3) is 5.91 Å². The highest BCUT2D eigenvalue weighted by molar-refractivity contribution is 5.94. The molecule has 1 N–H and O–H groups in total. The van der Waals surface area contributed by atoms with E-state index in [4.69, 9.17) is 9.84 Å². The molecule has 20 heavy (non-hydrogen) atoms. The summed E-state index contributed by atoms with van der Waals surface area (Å²) in [5.41, 5.74) is 0.732. The molecule has 1 amide bonds. The van der Waals surface area contributed by atoms with Crippen molar-refractivity contribution in [3.05, 3.63) is 29.1 Å². The van der Waals surface area contributed by atoms with E-state index in [0.717, 1.165) is 0 Å². The Morgan fingerprint density at radius 3 is 2.70 bits per heavy atom. The van der Waals surface area contributed by atoms with Crippen LogP contribution < -0.4 is 0 Å². The van der Waals surface area contributed by atoms with Crippen LogP contribution in [0, 0.1) is 6.92 Å². The van der Waals surface area contributed by atoms with E-state index < -0.39 is 5.97 Å². The van der Waals surface area contributed by atoms with E-state index in [-0.39, 0.29) is 29.3 Å². The highest BCUT2D eigenvalue weighted by atomic mass is 16.5. The molecule has 6 heteroatoms. The average Bonchev–Trinajstić information content (AvgIpc) is 2.40. The molecule has 6 nitrogen and oxygen atoms in total. The molecule has 0 aromatic carbocycles. The van der Waals surface area contributed by atoms with Crippen molar-refractivity contribution in [2.24, 2.45) is 0 Å². The number of ether oxygens (including phenoxy) is 1. The van der Waals surface area contributed by atoms with E-state index in [9.17, 15) is 9.59 Å². The lowest BCUT2D eigenvalue weighted by molar-refractivity contribution is -0.0442. The van der Waals surface area contributed by atoms with Crippen LogP contribution in [0.2, 0.25) is 0 Å². The maximum Gasteiger partial charge on any atom is 0.337 e. The van der Waals surface area contributed by atoms with Crippen LogP contribution in [0.4, 0.5) is 0 Å². The summed E-state index contributed by atoms with van der Waals surface area (Å²) in [5.74, 6) is -1.23. The fraction of sp³-hybridized carbons (Fsp3) is 0.500. The standard InChI is InChI=1S/C14H18N2O4/c1-8-11(14(18)19)4-5-12(15-8)13(17)16-6-7-20-10(3)9(16)2/h4-5,9-10H,6-7H2,1-3H3,(H,18,19). The SMILES string of the molecule is Cc1nc(C(=O)N2CCOC(C)C2C)ccc1C(=O)O. The van der Waals surface area contributed by atoms with Crippen molar-refractivity contribution < 1.29 is 19.4 Å². The van der Waals surface area contributed by atoms with Gasteiger partial charge in [0.2, 0.25) is 0 Å².